The molecule has 4 rings (SSSR count). The molecule has 3 saturated heterocycles. The van der Waals surface area contributed by atoms with Crippen molar-refractivity contribution in [2.75, 3.05) is 50.8 Å². The maximum absolute atomic E-state index is 12.6. The van der Waals surface area contributed by atoms with Gasteiger partial charge in [-0.05, 0) is 48.4 Å². The van der Waals surface area contributed by atoms with Crippen LogP contribution in [0, 0.1) is 0 Å². The zero-order valence-electron chi connectivity index (χ0n) is 15.6. The van der Waals surface area contributed by atoms with Gasteiger partial charge in [0.25, 0.3) is 11.1 Å². The van der Waals surface area contributed by atoms with E-state index >= 15 is 0 Å². The number of thioether (sulfide) groups is 1. The zero-order valence-corrected chi connectivity index (χ0v) is 16.5. The fourth-order valence-electron chi connectivity index (χ4n) is 3.59. The lowest BCUT2D eigenvalue weighted by atomic mass is 10.1. The predicted molar refractivity (Wildman–Crippen MR) is 108 cm³/mol. The standard InChI is InChI=1S/C20H23N3O4S/c24-18(22-7-1-2-8-22)14-23-19(25)17(28-20(23)26)13-15-3-5-16(6-4-15)21-9-11-27-12-10-21/h3-6,13H,1-2,7-12,14H2/b17-13-. The van der Waals surface area contributed by atoms with E-state index in [9.17, 15) is 14.4 Å². The van der Waals surface area contributed by atoms with E-state index in [0.717, 1.165) is 67.1 Å². The van der Waals surface area contributed by atoms with Crippen LogP contribution in [0.25, 0.3) is 6.08 Å². The summed E-state index contributed by atoms with van der Waals surface area (Å²) < 4.78 is 5.37. The van der Waals surface area contributed by atoms with Crippen molar-refractivity contribution < 1.29 is 19.1 Å². The smallest absolute Gasteiger partial charge is 0.294 e. The number of nitrogens with zero attached hydrogens (tertiary/aromatic N) is 3. The predicted octanol–water partition coefficient (Wildman–Crippen LogP) is 2.18. The Balaban J connectivity index is 1.42. The Morgan fingerprint density at radius 3 is 2.39 bits per heavy atom. The van der Waals surface area contributed by atoms with E-state index in [0.29, 0.717) is 18.0 Å². The van der Waals surface area contributed by atoms with Crippen LogP contribution in [0.2, 0.25) is 0 Å². The van der Waals surface area contributed by atoms with Gasteiger partial charge < -0.3 is 14.5 Å². The summed E-state index contributed by atoms with van der Waals surface area (Å²) in [6.07, 6.45) is 3.68. The molecule has 0 radical (unpaired) electrons. The minimum Gasteiger partial charge on any atom is -0.378 e. The maximum Gasteiger partial charge on any atom is 0.294 e. The Morgan fingerprint density at radius 1 is 1.04 bits per heavy atom. The van der Waals surface area contributed by atoms with Crippen LogP contribution in [0.15, 0.2) is 29.2 Å². The third kappa shape index (κ3) is 4.07. The number of ether oxygens (including phenoxy) is 1. The summed E-state index contributed by atoms with van der Waals surface area (Å²) in [5.74, 6) is -0.546. The zero-order chi connectivity index (χ0) is 19.5. The molecule has 0 aliphatic carbocycles. The number of hydrogen-bond donors (Lipinski definition) is 0. The third-order valence-corrected chi connectivity index (χ3v) is 6.10. The molecular weight excluding hydrogens is 378 g/mol. The molecule has 1 aromatic carbocycles. The normalized spacial score (nSPS) is 21.9. The summed E-state index contributed by atoms with van der Waals surface area (Å²) in [7, 11) is 0. The molecule has 0 aromatic heterocycles. The van der Waals surface area contributed by atoms with Gasteiger partial charge >= 0.3 is 0 Å². The second kappa shape index (κ2) is 8.36. The molecule has 148 valence electrons. The first kappa shape index (κ1) is 19.0. The van der Waals surface area contributed by atoms with Gasteiger partial charge in [-0.2, -0.15) is 0 Å². The van der Waals surface area contributed by atoms with Crippen molar-refractivity contribution in [1.29, 1.82) is 0 Å². The largest absolute Gasteiger partial charge is 0.378 e. The van der Waals surface area contributed by atoms with Gasteiger partial charge in [0.15, 0.2) is 0 Å². The Hall–Kier alpha value is -2.32. The van der Waals surface area contributed by atoms with Gasteiger partial charge in [-0.15, -0.1) is 0 Å². The summed E-state index contributed by atoms with van der Waals surface area (Å²) in [6, 6.07) is 7.90. The molecule has 0 bridgehead atoms. The van der Waals surface area contributed by atoms with Crippen LogP contribution in [0.5, 0.6) is 0 Å². The number of benzene rings is 1. The van der Waals surface area contributed by atoms with Crippen LogP contribution in [0.3, 0.4) is 0 Å². The van der Waals surface area contributed by atoms with Crippen molar-refractivity contribution >= 4 is 40.6 Å². The van der Waals surface area contributed by atoms with Crippen LogP contribution in [-0.2, 0) is 14.3 Å². The van der Waals surface area contributed by atoms with Crippen LogP contribution >= 0.6 is 11.8 Å². The molecule has 3 fully saturated rings. The Bertz CT molecular complexity index is 796. The maximum atomic E-state index is 12.6. The monoisotopic (exact) mass is 401 g/mol. The molecule has 0 N–H and O–H groups in total. The summed E-state index contributed by atoms with van der Waals surface area (Å²) in [5.41, 5.74) is 1.97. The lowest BCUT2D eigenvalue weighted by Crippen LogP contribution is -2.40. The molecule has 3 aliphatic rings. The summed E-state index contributed by atoms with van der Waals surface area (Å²) in [6.45, 7) is 4.43. The first-order valence-electron chi connectivity index (χ1n) is 9.58. The van der Waals surface area contributed by atoms with Gasteiger partial charge in [-0.3, -0.25) is 19.3 Å². The second-order valence-electron chi connectivity index (χ2n) is 7.05. The van der Waals surface area contributed by atoms with Crippen molar-refractivity contribution in [3.05, 3.63) is 34.7 Å². The number of likely N-dealkylation sites (tertiary alicyclic amines) is 1. The first-order valence-corrected chi connectivity index (χ1v) is 10.4. The molecule has 1 aromatic rings. The SMILES string of the molecule is O=C(CN1C(=O)S/C(=C\c2ccc(N3CCOCC3)cc2)C1=O)N1CCCC1. The third-order valence-electron chi connectivity index (χ3n) is 5.19. The summed E-state index contributed by atoms with van der Waals surface area (Å²) >= 11 is 0.894. The molecule has 3 heterocycles. The Morgan fingerprint density at radius 2 is 1.71 bits per heavy atom. The van der Waals surface area contributed by atoms with Crippen LogP contribution in [-0.4, -0.2) is 72.8 Å². The average molecular weight is 401 g/mol. The number of anilines is 1. The van der Waals surface area contributed by atoms with Crippen molar-refractivity contribution in [3.8, 4) is 0 Å². The number of carbonyl (C=O) groups excluding carboxylic acids is 3. The highest BCUT2D eigenvalue weighted by Crippen LogP contribution is 2.32. The van der Waals surface area contributed by atoms with E-state index < -0.39 is 0 Å². The molecule has 7 nitrogen and oxygen atoms in total. The topological polar surface area (TPSA) is 70.2 Å². The number of imide groups is 1. The van der Waals surface area contributed by atoms with E-state index in [4.69, 9.17) is 4.74 Å². The summed E-state index contributed by atoms with van der Waals surface area (Å²) in [5, 5.41) is -0.381. The van der Waals surface area contributed by atoms with Gasteiger partial charge in [0.2, 0.25) is 5.91 Å². The second-order valence-corrected chi connectivity index (χ2v) is 8.04. The van der Waals surface area contributed by atoms with Crippen molar-refractivity contribution in [2.45, 2.75) is 12.8 Å². The van der Waals surface area contributed by atoms with Gasteiger partial charge in [0, 0.05) is 31.9 Å². The number of amides is 3. The quantitative estimate of drug-likeness (QED) is 0.721. The van der Waals surface area contributed by atoms with E-state index in [1.165, 1.54) is 0 Å². The molecule has 3 amide bonds. The fraction of sp³-hybridized carbons (Fsp3) is 0.450. The molecule has 0 saturated carbocycles. The highest BCUT2D eigenvalue weighted by Gasteiger charge is 2.37. The molecule has 28 heavy (non-hydrogen) atoms. The van der Waals surface area contributed by atoms with Crippen LogP contribution in [0.1, 0.15) is 18.4 Å². The molecule has 0 unspecified atom stereocenters. The van der Waals surface area contributed by atoms with E-state index in [-0.39, 0.29) is 23.6 Å². The summed E-state index contributed by atoms with van der Waals surface area (Å²) in [4.78, 5) is 42.5. The fourth-order valence-corrected chi connectivity index (χ4v) is 4.43. The molecule has 3 aliphatic heterocycles. The van der Waals surface area contributed by atoms with Crippen molar-refractivity contribution in [2.24, 2.45) is 0 Å². The lowest BCUT2D eigenvalue weighted by Gasteiger charge is -2.28. The first-order chi connectivity index (χ1) is 13.6. The van der Waals surface area contributed by atoms with E-state index in [2.05, 4.69) is 4.90 Å². The van der Waals surface area contributed by atoms with E-state index in [1.807, 2.05) is 24.3 Å². The molecular formula is C20H23N3O4S. The van der Waals surface area contributed by atoms with Crippen LogP contribution in [0.4, 0.5) is 10.5 Å². The molecule has 8 heteroatoms. The highest BCUT2D eigenvalue weighted by atomic mass is 32.2. The van der Waals surface area contributed by atoms with Gasteiger partial charge in [-0.1, -0.05) is 12.1 Å². The minimum absolute atomic E-state index is 0.157. The Kier molecular flexibility index (Phi) is 5.68. The Labute approximate surface area is 168 Å². The molecule has 0 atom stereocenters. The lowest BCUT2D eigenvalue weighted by molar-refractivity contribution is -0.135. The van der Waals surface area contributed by atoms with Crippen molar-refractivity contribution in [3.63, 3.8) is 0 Å². The minimum atomic E-state index is -0.389. The van der Waals surface area contributed by atoms with Crippen molar-refractivity contribution in [1.82, 2.24) is 9.80 Å². The van der Waals surface area contributed by atoms with Gasteiger partial charge in [0.1, 0.15) is 6.54 Å². The molecule has 0 spiro atoms. The van der Waals surface area contributed by atoms with E-state index in [1.54, 1.807) is 11.0 Å². The van der Waals surface area contributed by atoms with Gasteiger partial charge in [0.05, 0.1) is 18.1 Å². The highest BCUT2D eigenvalue weighted by molar-refractivity contribution is 8.18. The number of hydrogen-bond acceptors (Lipinski definition) is 6. The number of carbonyl (C=O) groups is 3. The number of morpholine rings is 1. The van der Waals surface area contributed by atoms with Gasteiger partial charge in [-0.25, -0.2) is 0 Å². The average Bonchev–Trinajstić information content (AvgIpc) is 3.34. The number of rotatable bonds is 4. The van der Waals surface area contributed by atoms with Crippen LogP contribution < -0.4 is 4.90 Å².